The molecule has 0 radical (unpaired) electrons. The highest BCUT2D eigenvalue weighted by molar-refractivity contribution is 5.15. The number of nitrogens with two attached hydrogens (primary N) is 1. The summed E-state index contributed by atoms with van der Waals surface area (Å²) in [6, 6.07) is 3.13. The molecule has 0 aromatic rings. The molecule has 1 aliphatic heterocycles. The molecule has 2 N–H and O–H groups in total. The quantitative estimate of drug-likeness (QED) is 0.810. The number of nitrogens with zero attached hydrogens (tertiary/aromatic N) is 2. The van der Waals surface area contributed by atoms with Crippen LogP contribution in [-0.4, -0.2) is 29.6 Å². The van der Waals surface area contributed by atoms with Gasteiger partial charge in [0.1, 0.15) is 5.54 Å². The summed E-state index contributed by atoms with van der Waals surface area (Å²) in [7, 11) is 0. The fourth-order valence-corrected chi connectivity index (χ4v) is 3.89. The number of nitriles is 1. The minimum atomic E-state index is -0.563. The van der Waals surface area contributed by atoms with Crippen molar-refractivity contribution in [3.63, 3.8) is 0 Å². The van der Waals surface area contributed by atoms with E-state index in [1.807, 2.05) is 0 Å². The molecule has 2 aliphatic carbocycles. The van der Waals surface area contributed by atoms with Crippen molar-refractivity contribution in [3.05, 3.63) is 0 Å². The Morgan fingerprint density at radius 2 is 1.94 bits per heavy atom. The van der Waals surface area contributed by atoms with Gasteiger partial charge in [-0.05, 0) is 50.5 Å². The fraction of sp³-hybridized carbons (Fsp3) is 0.929. The van der Waals surface area contributed by atoms with Crippen LogP contribution in [0.5, 0.6) is 0 Å². The van der Waals surface area contributed by atoms with Crippen LogP contribution in [0, 0.1) is 23.2 Å². The molecule has 1 heterocycles. The number of likely N-dealkylation sites (tertiary alicyclic amines) is 1. The Balaban J connectivity index is 1.67. The molecule has 3 atom stereocenters. The van der Waals surface area contributed by atoms with Crippen LogP contribution < -0.4 is 5.73 Å². The summed E-state index contributed by atoms with van der Waals surface area (Å²) >= 11 is 0. The van der Waals surface area contributed by atoms with E-state index in [1.165, 1.54) is 38.6 Å². The lowest BCUT2D eigenvalue weighted by molar-refractivity contribution is 0.155. The molecule has 3 heteroatoms. The number of hydrogen-bond donors (Lipinski definition) is 1. The zero-order valence-electron chi connectivity index (χ0n) is 10.6. The van der Waals surface area contributed by atoms with Gasteiger partial charge in [0.05, 0.1) is 6.07 Å². The van der Waals surface area contributed by atoms with Gasteiger partial charge in [0.2, 0.25) is 0 Å². The lowest BCUT2D eigenvalue weighted by Crippen LogP contribution is -2.52. The first-order valence-corrected chi connectivity index (χ1v) is 7.17. The third-order valence-corrected chi connectivity index (χ3v) is 5.10. The first kappa shape index (κ1) is 11.5. The van der Waals surface area contributed by atoms with Crippen molar-refractivity contribution in [3.8, 4) is 6.07 Å². The first-order valence-electron chi connectivity index (χ1n) is 7.17. The van der Waals surface area contributed by atoms with Gasteiger partial charge in [-0.3, -0.25) is 4.90 Å². The first-order chi connectivity index (χ1) is 8.23. The number of hydrogen-bond acceptors (Lipinski definition) is 3. The monoisotopic (exact) mass is 233 g/mol. The van der Waals surface area contributed by atoms with Gasteiger partial charge in [-0.2, -0.15) is 5.26 Å². The molecule has 0 aromatic heterocycles. The third-order valence-electron chi connectivity index (χ3n) is 5.10. The van der Waals surface area contributed by atoms with Gasteiger partial charge in [0.15, 0.2) is 0 Å². The Morgan fingerprint density at radius 1 is 1.18 bits per heavy atom. The summed E-state index contributed by atoms with van der Waals surface area (Å²) in [5, 5.41) is 9.35. The highest BCUT2D eigenvalue weighted by atomic mass is 15.2. The maximum atomic E-state index is 9.35. The van der Waals surface area contributed by atoms with Gasteiger partial charge in [-0.25, -0.2) is 0 Å². The molecule has 3 nitrogen and oxygen atoms in total. The summed E-state index contributed by atoms with van der Waals surface area (Å²) < 4.78 is 0. The summed E-state index contributed by atoms with van der Waals surface area (Å²) in [6.07, 6.45) is 9.15. The second-order valence-electron chi connectivity index (χ2n) is 6.30. The molecule has 3 rings (SSSR count). The number of rotatable bonds is 3. The summed E-state index contributed by atoms with van der Waals surface area (Å²) in [4.78, 5) is 2.53. The second-order valence-corrected chi connectivity index (χ2v) is 6.30. The predicted octanol–water partition coefficient (Wildman–Crippen LogP) is 1.88. The van der Waals surface area contributed by atoms with Crippen molar-refractivity contribution < 1.29 is 0 Å². The fourth-order valence-electron chi connectivity index (χ4n) is 3.89. The molecule has 0 amide bonds. The molecular weight excluding hydrogens is 210 g/mol. The topological polar surface area (TPSA) is 53.1 Å². The van der Waals surface area contributed by atoms with Crippen molar-refractivity contribution in [1.82, 2.24) is 4.90 Å². The zero-order chi connectivity index (χ0) is 11.9. The highest BCUT2D eigenvalue weighted by Gasteiger charge is 2.46. The van der Waals surface area contributed by atoms with Crippen molar-refractivity contribution in [2.24, 2.45) is 17.6 Å². The highest BCUT2D eigenvalue weighted by Crippen LogP contribution is 2.41. The summed E-state index contributed by atoms with van der Waals surface area (Å²) in [5.74, 6) is 1.36. The van der Waals surface area contributed by atoms with Crippen LogP contribution >= 0.6 is 0 Å². The van der Waals surface area contributed by atoms with Crippen LogP contribution in [0.3, 0.4) is 0 Å². The van der Waals surface area contributed by atoms with E-state index >= 15 is 0 Å². The molecule has 0 spiro atoms. The molecule has 94 valence electrons. The summed E-state index contributed by atoms with van der Waals surface area (Å²) in [5.41, 5.74) is 5.74. The largest absolute Gasteiger partial charge is 0.312 e. The van der Waals surface area contributed by atoms with Gasteiger partial charge in [0.25, 0.3) is 0 Å². The molecule has 0 bridgehead atoms. The Morgan fingerprint density at radius 3 is 2.65 bits per heavy atom. The van der Waals surface area contributed by atoms with Crippen LogP contribution in [0.4, 0.5) is 0 Å². The van der Waals surface area contributed by atoms with Gasteiger partial charge in [-0.15, -0.1) is 0 Å². The van der Waals surface area contributed by atoms with Gasteiger partial charge >= 0.3 is 0 Å². The van der Waals surface area contributed by atoms with E-state index in [4.69, 9.17) is 5.73 Å². The van der Waals surface area contributed by atoms with Crippen molar-refractivity contribution in [2.45, 2.75) is 56.5 Å². The van der Waals surface area contributed by atoms with Gasteiger partial charge in [0, 0.05) is 12.6 Å². The standard InChI is InChI=1S/C14H23N3/c15-9-14(16,12-5-6-12)10-17-8-7-11-3-1-2-4-13(11)17/h11-13H,1-8,10,16H2. The lowest BCUT2D eigenvalue weighted by atomic mass is 9.84. The third kappa shape index (κ3) is 2.09. The van der Waals surface area contributed by atoms with Crippen LogP contribution in [-0.2, 0) is 0 Å². The molecular formula is C14H23N3. The van der Waals surface area contributed by atoms with E-state index in [9.17, 15) is 5.26 Å². The smallest absolute Gasteiger partial charge is 0.119 e. The maximum Gasteiger partial charge on any atom is 0.119 e. The normalized spacial score (nSPS) is 37.2. The Bertz CT molecular complexity index is 331. The Kier molecular flexibility index (Phi) is 2.88. The van der Waals surface area contributed by atoms with Crippen LogP contribution in [0.15, 0.2) is 0 Å². The van der Waals surface area contributed by atoms with Crippen LogP contribution in [0.2, 0.25) is 0 Å². The van der Waals surface area contributed by atoms with Crippen molar-refractivity contribution in [2.75, 3.05) is 13.1 Å². The van der Waals surface area contributed by atoms with E-state index in [0.29, 0.717) is 5.92 Å². The summed E-state index contributed by atoms with van der Waals surface area (Å²) in [6.45, 7) is 1.98. The minimum Gasteiger partial charge on any atom is -0.312 e. The van der Waals surface area contributed by atoms with E-state index in [1.54, 1.807) is 0 Å². The molecule has 0 aromatic carbocycles. The molecule has 1 saturated heterocycles. The van der Waals surface area contributed by atoms with E-state index in [-0.39, 0.29) is 0 Å². The minimum absolute atomic E-state index is 0.468. The molecule has 3 aliphatic rings. The maximum absolute atomic E-state index is 9.35. The van der Waals surface area contributed by atoms with E-state index in [2.05, 4.69) is 11.0 Å². The van der Waals surface area contributed by atoms with Gasteiger partial charge < -0.3 is 5.73 Å². The van der Waals surface area contributed by atoms with Crippen molar-refractivity contribution in [1.29, 1.82) is 5.26 Å². The van der Waals surface area contributed by atoms with E-state index in [0.717, 1.165) is 31.3 Å². The molecule has 3 fully saturated rings. The SMILES string of the molecule is N#CC(N)(CN1CCC2CCCCC21)C1CC1. The van der Waals surface area contributed by atoms with Crippen molar-refractivity contribution >= 4 is 0 Å². The van der Waals surface area contributed by atoms with Crippen LogP contribution in [0.25, 0.3) is 0 Å². The number of fused-ring (bicyclic) bond motifs is 1. The average Bonchev–Trinajstić information content (AvgIpc) is 3.14. The van der Waals surface area contributed by atoms with E-state index < -0.39 is 5.54 Å². The van der Waals surface area contributed by atoms with Gasteiger partial charge in [-0.1, -0.05) is 12.8 Å². The molecule has 2 saturated carbocycles. The zero-order valence-corrected chi connectivity index (χ0v) is 10.6. The Labute approximate surface area is 104 Å². The Hall–Kier alpha value is -0.590. The molecule has 3 unspecified atom stereocenters. The van der Waals surface area contributed by atoms with Crippen LogP contribution in [0.1, 0.15) is 44.9 Å². The predicted molar refractivity (Wildman–Crippen MR) is 67.2 cm³/mol. The molecule has 17 heavy (non-hydrogen) atoms. The second kappa shape index (κ2) is 4.26. The lowest BCUT2D eigenvalue weighted by Gasteiger charge is -2.35. The average molecular weight is 233 g/mol.